The first-order chi connectivity index (χ1) is 10.4. The van der Waals surface area contributed by atoms with E-state index in [0.29, 0.717) is 12.3 Å². The Morgan fingerprint density at radius 2 is 2.09 bits per heavy atom. The summed E-state index contributed by atoms with van der Waals surface area (Å²) in [5.41, 5.74) is 0. The standard InChI is InChI=1S/C13H18N2O6S/c1-15-8-10(21-13(15)16)7-14-22(17,18)12-5-4-9(19-2)6-11(12)20-3/h4-6,10,14H,7-8H2,1-3H3. The van der Waals surface area contributed by atoms with E-state index in [9.17, 15) is 13.2 Å². The van der Waals surface area contributed by atoms with E-state index in [-0.39, 0.29) is 17.2 Å². The van der Waals surface area contributed by atoms with Crippen molar-refractivity contribution >= 4 is 16.1 Å². The molecule has 0 spiro atoms. The number of carbonyl (C=O) groups is 1. The molecule has 1 aromatic rings. The van der Waals surface area contributed by atoms with Crippen LogP contribution in [0, 0.1) is 0 Å². The average Bonchev–Trinajstić information content (AvgIpc) is 2.83. The summed E-state index contributed by atoms with van der Waals surface area (Å²) < 4.78 is 42.2. The van der Waals surface area contributed by atoms with E-state index in [2.05, 4.69) is 4.72 Å². The summed E-state index contributed by atoms with van der Waals surface area (Å²) in [7, 11) is 0.651. The highest BCUT2D eigenvalue weighted by Crippen LogP contribution is 2.28. The van der Waals surface area contributed by atoms with Crippen LogP contribution in [0.5, 0.6) is 11.5 Å². The minimum absolute atomic E-state index is 0.00604. The van der Waals surface area contributed by atoms with Crippen molar-refractivity contribution in [3.63, 3.8) is 0 Å². The Kier molecular flexibility index (Phi) is 4.77. The third-order valence-electron chi connectivity index (χ3n) is 3.22. The topological polar surface area (TPSA) is 94.2 Å². The van der Waals surface area contributed by atoms with Crippen LogP contribution in [0.3, 0.4) is 0 Å². The second kappa shape index (κ2) is 6.41. The molecule has 0 radical (unpaired) electrons. The smallest absolute Gasteiger partial charge is 0.410 e. The second-order valence-electron chi connectivity index (χ2n) is 4.75. The van der Waals surface area contributed by atoms with Crippen LogP contribution in [0.2, 0.25) is 0 Å². The molecule has 0 bridgehead atoms. The normalized spacial score (nSPS) is 18.2. The minimum atomic E-state index is -3.79. The Labute approximate surface area is 129 Å². The Morgan fingerprint density at radius 3 is 2.64 bits per heavy atom. The number of hydrogen-bond acceptors (Lipinski definition) is 6. The van der Waals surface area contributed by atoms with Gasteiger partial charge in [-0.1, -0.05) is 0 Å². The molecule has 9 heteroatoms. The zero-order chi connectivity index (χ0) is 16.3. The molecule has 1 amide bonds. The van der Waals surface area contributed by atoms with Crippen molar-refractivity contribution in [2.75, 3.05) is 34.4 Å². The van der Waals surface area contributed by atoms with Crippen LogP contribution in [0.25, 0.3) is 0 Å². The van der Waals surface area contributed by atoms with Gasteiger partial charge in [-0.05, 0) is 12.1 Å². The molecule has 1 fully saturated rings. The van der Waals surface area contributed by atoms with Gasteiger partial charge in [0.15, 0.2) is 0 Å². The molecule has 1 aliphatic heterocycles. The van der Waals surface area contributed by atoms with Gasteiger partial charge < -0.3 is 19.1 Å². The molecule has 0 aliphatic carbocycles. The summed E-state index contributed by atoms with van der Waals surface area (Å²) in [6, 6.07) is 4.41. The van der Waals surface area contributed by atoms with Gasteiger partial charge in [0.2, 0.25) is 10.0 Å². The quantitative estimate of drug-likeness (QED) is 0.813. The van der Waals surface area contributed by atoms with E-state index in [1.807, 2.05) is 0 Å². The van der Waals surface area contributed by atoms with Crippen LogP contribution in [-0.4, -0.2) is 59.9 Å². The van der Waals surface area contributed by atoms with Crippen LogP contribution in [0.15, 0.2) is 23.1 Å². The van der Waals surface area contributed by atoms with Crippen molar-refractivity contribution < 1.29 is 27.4 Å². The van der Waals surface area contributed by atoms with E-state index in [0.717, 1.165) is 0 Å². The molecule has 1 heterocycles. The highest BCUT2D eigenvalue weighted by Gasteiger charge is 2.30. The number of ether oxygens (including phenoxy) is 3. The van der Waals surface area contributed by atoms with Crippen LogP contribution >= 0.6 is 0 Å². The van der Waals surface area contributed by atoms with Gasteiger partial charge in [-0.3, -0.25) is 0 Å². The molecule has 1 aromatic carbocycles. The van der Waals surface area contributed by atoms with Crippen molar-refractivity contribution in [1.82, 2.24) is 9.62 Å². The summed E-state index contributed by atoms with van der Waals surface area (Å²) in [4.78, 5) is 12.6. The summed E-state index contributed by atoms with van der Waals surface area (Å²) in [6.45, 7) is 0.328. The van der Waals surface area contributed by atoms with E-state index in [1.165, 1.54) is 37.3 Å². The van der Waals surface area contributed by atoms with Crippen molar-refractivity contribution in [2.45, 2.75) is 11.0 Å². The van der Waals surface area contributed by atoms with Gasteiger partial charge in [-0.15, -0.1) is 0 Å². The number of methoxy groups -OCH3 is 2. The van der Waals surface area contributed by atoms with Crippen molar-refractivity contribution in [3.8, 4) is 11.5 Å². The third-order valence-corrected chi connectivity index (χ3v) is 4.68. The van der Waals surface area contributed by atoms with E-state index < -0.39 is 22.2 Å². The predicted octanol–water partition coefficient (Wildman–Crippen LogP) is 0.433. The Balaban J connectivity index is 2.12. The van der Waals surface area contributed by atoms with E-state index in [1.54, 1.807) is 7.05 Å². The fourth-order valence-electron chi connectivity index (χ4n) is 2.03. The molecule has 1 saturated heterocycles. The van der Waals surface area contributed by atoms with Gasteiger partial charge in [-0.2, -0.15) is 0 Å². The molecule has 2 rings (SSSR count). The zero-order valence-corrected chi connectivity index (χ0v) is 13.3. The molecule has 8 nitrogen and oxygen atoms in total. The van der Waals surface area contributed by atoms with Crippen molar-refractivity contribution in [2.24, 2.45) is 0 Å². The third kappa shape index (κ3) is 3.42. The monoisotopic (exact) mass is 330 g/mol. The number of nitrogens with one attached hydrogen (secondary N) is 1. The lowest BCUT2D eigenvalue weighted by molar-refractivity contribution is 0.135. The number of cyclic esters (lactones) is 1. The van der Waals surface area contributed by atoms with Gasteiger partial charge >= 0.3 is 6.09 Å². The number of amides is 1. The second-order valence-corrected chi connectivity index (χ2v) is 6.49. The number of hydrogen-bond donors (Lipinski definition) is 1. The van der Waals surface area contributed by atoms with Crippen molar-refractivity contribution in [1.29, 1.82) is 0 Å². The SMILES string of the molecule is COc1ccc(S(=O)(=O)NCC2CN(C)C(=O)O2)c(OC)c1. The molecular weight excluding hydrogens is 312 g/mol. The predicted molar refractivity (Wildman–Crippen MR) is 77.6 cm³/mol. The molecule has 22 heavy (non-hydrogen) atoms. The van der Waals surface area contributed by atoms with Gasteiger partial charge in [-0.25, -0.2) is 17.9 Å². The van der Waals surface area contributed by atoms with Gasteiger partial charge in [0, 0.05) is 19.7 Å². The fourth-order valence-corrected chi connectivity index (χ4v) is 3.25. The minimum Gasteiger partial charge on any atom is -0.497 e. The summed E-state index contributed by atoms with van der Waals surface area (Å²) in [5, 5.41) is 0. The number of carbonyl (C=O) groups excluding carboxylic acids is 1. The molecular formula is C13H18N2O6S. The van der Waals surface area contributed by atoms with Crippen molar-refractivity contribution in [3.05, 3.63) is 18.2 Å². The first-order valence-corrected chi connectivity index (χ1v) is 7.99. The Hall–Kier alpha value is -2.00. The number of benzene rings is 1. The Bertz CT molecular complexity index is 660. The molecule has 1 aliphatic rings. The highest BCUT2D eigenvalue weighted by molar-refractivity contribution is 7.89. The first-order valence-electron chi connectivity index (χ1n) is 6.51. The first kappa shape index (κ1) is 16.4. The average molecular weight is 330 g/mol. The van der Waals surface area contributed by atoms with Crippen LogP contribution in [-0.2, 0) is 14.8 Å². The number of nitrogens with zero attached hydrogens (tertiary/aromatic N) is 1. The molecule has 1 atom stereocenters. The Morgan fingerprint density at radius 1 is 1.36 bits per heavy atom. The number of likely N-dealkylation sites (N-methyl/N-ethyl adjacent to an activating group) is 1. The summed E-state index contributed by atoms with van der Waals surface area (Å²) >= 11 is 0. The number of sulfonamides is 1. The van der Waals surface area contributed by atoms with Crippen LogP contribution in [0.4, 0.5) is 4.79 Å². The van der Waals surface area contributed by atoms with E-state index in [4.69, 9.17) is 14.2 Å². The van der Waals surface area contributed by atoms with E-state index >= 15 is 0 Å². The molecule has 122 valence electrons. The maximum absolute atomic E-state index is 12.3. The molecule has 0 saturated carbocycles. The van der Waals surface area contributed by atoms with Crippen LogP contribution < -0.4 is 14.2 Å². The van der Waals surface area contributed by atoms with Crippen LogP contribution in [0.1, 0.15) is 0 Å². The summed E-state index contributed by atoms with van der Waals surface area (Å²) in [5.74, 6) is 0.662. The zero-order valence-electron chi connectivity index (χ0n) is 12.5. The maximum atomic E-state index is 12.3. The van der Waals surface area contributed by atoms with Gasteiger partial charge in [0.25, 0.3) is 0 Å². The van der Waals surface area contributed by atoms with Gasteiger partial charge in [0.05, 0.1) is 20.8 Å². The largest absolute Gasteiger partial charge is 0.497 e. The maximum Gasteiger partial charge on any atom is 0.410 e. The fraction of sp³-hybridized carbons (Fsp3) is 0.462. The number of rotatable bonds is 6. The molecule has 1 N–H and O–H groups in total. The molecule has 1 unspecified atom stereocenters. The molecule has 0 aromatic heterocycles. The lowest BCUT2D eigenvalue weighted by Gasteiger charge is -2.13. The highest BCUT2D eigenvalue weighted by atomic mass is 32.2. The summed E-state index contributed by atoms with van der Waals surface area (Å²) in [6.07, 6.45) is -0.984. The lowest BCUT2D eigenvalue weighted by atomic mass is 10.3. The lowest BCUT2D eigenvalue weighted by Crippen LogP contribution is -2.34. The van der Waals surface area contributed by atoms with Gasteiger partial charge in [0.1, 0.15) is 22.5 Å².